The number of hydrogen-bond acceptors (Lipinski definition) is 1. The van der Waals surface area contributed by atoms with E-state index < -0.39 is 0 Å². The predicted molar refractivity (Wildman–Crippen MR) is 51.2 cm³/mol. The lowest BCUT2D eigenvalue weighted by atomic mass is 10.1. The van der Waals surface area contributed by atoms with Crippen molar-refractivity contribution >= 4 is 28.4 Å². The smallest absolute Gasteiger partial charge is 0.225 e. The van der Waals surface area contributed by atoms with Crippen LogP contribution in [0.2, 0.25) is 0 Å². The molecule has 0 unspecified atom stereocenters. The van der Waals surface area contributed by atoms with E-state index in [1.54, 1.807) is 0 Å². The average molecular weight is 207 g/mol. The molecule has 0 spiro atoms. The number of hydrogen-bond donors (Lipinski definition) is 0. The standard InChI is InChI=1S/C9H12Cl2O/c1-5(10)4-6-7(8(11)12)9(6,2)3/h4,6-7H,1-3H3/b5-4+/t6-,7-/m0/s1. The number of carbonyl (C=O) groups is 1. The quantitative estimate of drug-likeness (QED) is 0.635. The van der Waals surface area contributed by atoms with Crippen molar-refractivity contribution in [1.82, 2.24) is 0 Å². The third-order valence-corrected chi connectivity index (χ3v) is 2.93. The molecule has 1 fully saturated rings. The molecule has 0 saturated heterocycles. The van der Waals surface area contributed by atoms with Gasteiger partial charge in [-0.2, -0.15) is 0 Å². The van der Waals surface area contributed by atoms with Crippen LogP contribution in [0, 0.1) is 17.3 Å². The summed E-state index contributed by atoms with van der Waals surface area (Å²) in [5.41, 5.74) is -0.00498. The van der Waals surface area contributed by atoms with Crippen molar-refractivity contribution in [2.45, 2.75) is 20.8 Å². The monoisotopic (exact) mass is 206 g/mol. The molecule has 1 nitrogen and oxygen atoms in total. The molecule has 68 valence electrons. The van der Waals surface area contributed by atoms with Gasteiger partial charge in [0.25, 0.3) is 0 Å². The Morgan fingerprint density at radius 1 is 1.42 bits per heavy atom. The Balaban J connectivity index is 2.73. The van der Waals surface area contributed by atoms with Gasteiger partial charge in [0.15, 0.2) is 0 Å². The van der Waals surface area contributed by atoms with Gasteiger partial charge in [0, 0.05) is 11.0 Å². The molecule has 1 rings (SSSR count). The zero-order valence-electron chi connectivity index (χ0n) is 7.40. The molecule has 0 aliphatic heterocycles. The molecule has 1 saturated carbocycles. The van der Waals surface area contributed by atoms with Crippen molar-refractivity contribution in [3.63, 3.8) is 0 Å². The van der Waals surface area contributed by atoms with Gasteiger partial charge < -0.3 is 0 Å². The number of carbonyl (C=O) groups excluding carboxylic acids is 1. The molecule has 0 amide bonds. The Labute approximate surface area is 82.7 Å². The van der Waals surface area contributed by atoms with Gasteiger partial charge in [-0.3, -0.25) is 4.79 Å². The Morgan fingerprint density at radius 3 is 2.17 bits per heavy atom. The first kappa shape index (κ1) is 10.1. The largest absolute Gasteiger partial charge is 0.281 e. The zero-order chi connectivity index (χ0) is 9.52. The van der Waals surface area contributed by atoms with Gasteiger partial charge in [-0.25, -0.2) is 0 Å². The van der Waals surface area contributed by atoms with E-state index in [-0.39, 0.29) is 22.5 Å². The lowest BCUT2D eigenvalue weighted by molar-refractivity contribution is -0.113. The summed E-state index contributed by atoms with van der Waals surface area (Å²) >= 11 is 11.1. The van der Waals surface area contributed by atoms with Gasteiger partial charge in [0.05, 0.1) is 0 Å². The van der Waals surface area contributed by atoms with E-state index in [0.717, 1.165) is 5.03 Å². The SMILES string of the molecule is C/C(Cl)=C\[C@H]1[C@@H](C(=O)Cl)C1(C)C. The van der Waals surface area contributed by atoms with E-state index >= 15 is 0 Å². The van der Waals surface area contributed by atoms with Gasteiger partial charge in [0.1, 0.15) is 0 Å². The van der Waals surface area contributed by atoms with Gasteiger partial charge >= 0.3 is 0 Å². The highest BCUT2D eigenvalue weighted by molar-refractivity contribution is 6.64. The Kier molecular flexibility index (Phi) is 2.55. The van der Waals surface area contributed by atoms with E-state index in [2.05, 4.69) is 0 Å². The van der Waals surface area contributed by atoms with E-state index in [1.165, 1.54) is 0 Å². The molecule has 0 aromatic carbocycles. The second kappa shape index (κ2) is 3.04. The molecule has 1 aliphatic carbocycles. The Morgan fingerprint density at radius 2 is 1.92 bits per heavy atom. The fourth-order valence-electron chi connectivity index (χ4n) is 1.67. The third kappa shape index (κ3) is 1.67. The molecule has 2 atom stereocenters. The molecule has 0 bridgehead atoms. The summed E-state index contributed by atoms with van der Waals surface area (Å²) in [4.78, 5) is 10.9. The normalized spacial score (nSPS) is 33.2. The summed E-state index contributed by atoms with van der Waals surface area (Å²) in [6.07, 6.45) is 1.91. The highest BCUT2D eigenvalue weighted by Gasteiger charge is 2.59. The van der Waals surface area contributed by atoms with Crippen LogP contribution in [0.3, 0.4) is 0 Å². The van der Waals surface area contributed by atoms with Gasteiger partial charge in [-0.05, 0) is 29.9 Å². The van der Waals surface area contributed by atoms with Crippen molar-refractivity contribution in [2.24, 2.45) is 17.3 Å². The van der Waals surface area contributed by atoms with E-state index in [4.69, 9.17) is 23.2 Å². The van der Waals surface area contributed by atoms with Crippen LogP contribution in [0.15, 0.2) is 11.1 Å². The van der Waals surface area contributed by atoms with Crippen LogP contribution in [-0.4, -0.2) is 5.24 Å². The van der Waals surface area contributed by atoms with Crippen LogP contribution in [0.5, 0.6) is 0 Å². The molecule has 0 N–H and O–H groups in total. The molecule has 0 aromatic heterocycles. The second-order valence-corrected chi connectivity index (χ2v) is 4.85. The highest BCUT2D eigenvalue weighted by atomic mass is 35.5. The van der Waals surface area contributed by atoms with Crippen LogP contribution in [-0.2, 0) is 4.79 Å². The molecule has 0 heterocycles. The first-order valence-corrected chi connectivity index (χ1v) is 4.66. The van der Waals surface area contributed by atoms with Gasteiger partial charge in [0.2, 0.25) is 5.24 Å². The molecule has 12 heavy (non-hydrogen) atoms. The van der Waals surface area contributed by atoms with Crippen molar-refractivity contribution < 1.29 is 4.79 Å². The summed E-state index contributed by atoms with van der Waals surface area (Å²) < 4.78 is 0. The third-order valence-electron chi connectivity index (χ3n) is 2.56. The fourth-order valence-corrected chi connectivity index (χ4v) is 2.22. The van der Waals surface area contributed by atoms with Crippen LogP contribution in [0.4, 0.5) is 0 Å². The van der Waals surface area contributed by atoms with E-state index in [9.17, 15) is 4.79 Å². The van der Waals surface area contributed by atoms with Gasteiger partial charge in [-0.1, -0.05) is 31.5 Å². The molecule has 0 radical (unpaired) electrons. The van der Waals surface area contributed by atoms with Crippen molar-refractivity contribution in [2.75, 3.05) is 0 Å². The minimum atomic E-state index is -0.251. The second-order valence-electron chi connectivity index (χ2n) is 3.88. The maximum atomic E-state index is 10.9. The number of rotatable bonds is 2. The highest BCUT2D eigenvalue weighted by Crippen LogP contribution is 2.60. The molecular formula is C9H12Cl2O. The fraction of sp³-hybridized carbons (Fsp3) is 0.667. The predicted octanol–water partition coefficient (Wildman–Crippen LogP) is 3.17. The first-order valence-electron chi connectivity index (χ1n) is 3.90. The summed E-state index contributed by atoms with van der Waals surface area (Å²) in [6, 6.07) is 0. The van der Waals surface area contributed by atoms with Crippen LogP contribution >= 0.6 is 23.2 Å². The summed E-state index contributed by atoms with van der Waals surface area (Å²) in [7, 11) is 0. The van der Waals surface area contributed by atoms with Crippen LogP contribution in [0.25, 0.3) is 0 Å². The van der Waals surface area contributed by atoms with Crippen molar-refractivity contribution in [3.05, 3.63) is 11.1 Å². The van der Waals surface area contributed by atoms with E-state index in [1.807, 2.05) is 26.8 Å². The van der Waals surface area contributed by atoms with Crippen LogP contribution in [0.1, 0.15) is 20.8 Å². The van der Waals surface area contributed by atoms with E-state index in [0.29, 0.717) is 0 Å². The molecule has 0 aromatic rings. The Hall–Kier alpha value is -0.0100. The number of halogens is 2. The van der Waals surface area contributed by atoms with Crippen molar-refractivity contribution in [3.8, 4) is 0 Å². The maximum absolute atomic E-state index is 10.9. The average Bonchev–Trinajstić information content (AvgIpc) is 2.32. The summed E-state index contributed by atoms with van der Waals surface area (Å²) in [6.45, 7) is 5.86. The van der Waals surface area contributed by atoms with Crippen molar-refractivity contribution in [1.29, 1.82) is 0 Å². The lowest BCUT2D eigenvalue weighted by Gasteiger charge is -1.96. The summed E-state index contributed by atoms with van der Waals surface area (Å²) in [5.74, 6) is 0.174. The van der Waals surface area contributed by atoms with Crippen LogP contribution < -0.4 is 0 Å². The van der Waals surface area contributed by atoms with Gasteiger partial charge in [-0.15, -0.1) is 0 Å². The first-order chi connectivity index (χ1) is 5.37. The maximum Gasteiger partial charge on any atom is 0.225 e. The minimum Gasteiger partial charge on any atom is -0.281 e. The molecule has 1 aliphatic rings. The lowest BCUT2D eigenvalue weighted by Crippen LogP contribution is -1.96. The number of allylic oxidation sites excluding steroid dienone is 2. The molecular weight excluding hydrogens is 195 g/mol. The molecule has 3 heteroatoms. The topological polar surface area (TPSA) is 17.1 Å². The minimum absolute atomic E-state index is 0.00498. The Bertz CT molecular complexity index is 239. The summed E-state index contributed by atoms with van der Waals surface area (Å²) in [5, 5.41) is 0.479. The zero-order valence-corrected chi connectivity index (χ0v) is 8.91.